The van der Waals surface area contributed by atoms with E-state index in [2.05, 4.69) is 10.6 Å². The van der Waals surface area contributed by atoms with Crippen molar-refractivity contribution in [2.24, 2.45) is 0 Å². The Morgan fingerprint density at radius 2 is 1.73 bits per heavy atom. The van der Waals surface area contributed by atoms with Crippen LogP contribution in [0.25, 0.3) is 0 Å². The van der Waals surface area contributed by atoms with Crippen LogP contribution in [0.5, 0.6) is 5.75 Å². The molecule has 0 bridgehead atoms. The van der Waals surface area contributed by atoms with Crippen molar-refractivity contribution in [3.63, 3.8) is 0 Å². The van der Waals surface area contributed by atoms with Gasteiger partial charge in [0.2, 0.25) is 5.91 Å². The molecule has 2 rings (SSSR count). The van der Waals surface area contributed by atoms with Crippen molar-refractivity contribution in [2.75, 3.05) is 17.7 Å². The minimum absolute atomic E-state index is 0.00678. The number of hydrogen-bond acceptors (Lipinski definition) is 3. The zero-order chi connectivity index (χ0) is 19.5. The first-order valence-electron chi connectivity index (χ1n) is 7.25. The third-order valence-electron chi connectivity index (χ3n) is 3.30. The first kappa shape index (κ1) is 19.2. The van der Waals surface area contributed by atoms with E-state index in [4.69, 9.17) is 4.74 Å². The summed E-state index contributed by atoms with van der Waals surface area (Å²) in [5.41, 5.74) is -2.03. The SMILES string of the molecule is COc1ccc(F)cc1C(=O)Nc1ccc(NC(C)=O)cc1C(F)(F)F. The monoisotopic (exact) mass is 370 g/mol. The number of ether oxygens (including phenoxy) is 1. The molecule has 2 aromatic carbocycles. The average Bonchev–Trinajstić information content (AvgIpc) is 2.54. The lowest BCUT2D eigenvalue weighted by Crippen LogP contribution is -2.18. The minimum Gasteiger partial charge on any atom is -0.496 e. The summed E-state index contributed by atoms with van der Waals surface area (Å²) >= 11 is 0. The highest BCUT2D eigenvalue weighted by molar-refractivity contribution is 6.06. The summed E-state index contributed by atoms with van der Waals surface area (Å²) in [5.74, 6) is -2.25. The Balaban J connectivity index is 2.41. The molecule has 0 aliphatic rings. The van der Waals surface area contributed by atoms with Crippen LogP contribution in [0, 0.1) is 5.82 Å². The maximum absolute atomic E-state index is 13.4. The maximum atomic E-state index is 13.4. The largest absolute Gasteiger partial charge is 0.496 e. The number of anilines is 2. The van der Waals surface area contributed by atoms with Gasteiger partial charge in [-0.3, -0.25) is 9.59 Å². The number of carbonyl (C=O) groups is 2. The molecule has 2 amide bonds. The fourth-order valence-electron chi connectivity index (χ4n) is 2.22. The predicted molar refractivity (Wildman–Crippen MR) is 86.7 cm³/mol. The molecule has 26 heavy (non-hydrogen) atoms. The second-order valence-electron chi connectivity index (χ2n) is 5.24. The number of methoxy groups -OCH3 is 1. The Bertz CT molecular complexity index is 850. The number of halogens is 4. The molecule has 0 atom stereocenters. The third-order valence-corrected chi connectivity index (χ3v) is 3.30. The molecule has 0 unspecified atom stereocenters. The van der Waals surface area contributed by atoms with E-state index in [-0.39, 0.29) is 17.0 Å². The van der Waals surface area contributed by atoms with Gasteiger partial charge in [-0.2, -0.15) is 13.2 Å². The molecule has 2 N–H and O–H groups in total. The molecule has 138 valence electrons. The lowest BCUT2D eigenvalue weighted by atomic mass is 10.1. The summed E-state index contributed by atoms with van der Waals surface area (Å²) in [4.78, 5) is 23.3. The number of amides is 2. The number of nitrogens with one attached hydrogen (secondary N) is 2. The molecule has 0 spiro atoms. The van der Waals surface area contributed by atoms with Gasteiger partial charge in [-0.25, -0.2) is 4.39 Å². The van der Waals surface area contributed by atoms with E-state index in [1.54, 1.807) is 0 Å². The lowest BCUT2D eigenvalue weighted by molar-refractivity contribution is -0.137. The lowest BCUT2D eigenvalue weighted by Gasteiger charge is -2.16. The Morgan fingerprint density at radius 1 is 1.04 bits per heavy atom. The summed E-state index contributed by atoms with van der Waals surface area (Å²) in [6.45, 7) is 1.15. The van der Waals surface area contributed by atoms with Crippen LogP contribution in [0.3, 0.4) is 0 Å². The quantitative estimate of drug-likeness (QED) is 0.798. The van der Waals surface area contributed by atoms with Crippen LogP contribution >= 0.6 is 0 Å². The highest BCUT2D eigenvalue weighted by atomic mass is 19.4. The van der Waals surface area contributed by atoms with Crippen LogP contribution in [-0.2, 0) is 11.0 Å². The molecule has 0 fully saturated rings. The van der Waals surface area contributed by atoms with Crippen LogP contribution in [0.15, 0.2) is 36.4 Å². The van der Waals surface area contributed by atoms with Crippen molar-refractivity contribution < 1.29 is 31.9 Å². The van der Waals surface area contributed by atoms with Crippen molar-refractivity contribution in [3.05, 3.63) is 53.3 Å². The number of alkyl halides is 3. The van der Waals surface area contributed by atoms with E-state index in [1.165, 1.54) is 19.2 Å². The molecule has 0 radical (unpaired) electrons. The molecular weight excluding hydrogens is 356 g/mol. The maximum Gasteiger partial charge on any atom is 0.418 e. The standard InChI is InChI=1S/C17H14F4N2O3/c1-9(24)22-11-4-5-14(13(8-11)17(19,20)21)23-16(25)12-7-10(18)3-6-15(12)26-2/h3-8H,1-2H3,(H,22,24)(H,23,25). The topological polar surface area (TPSA) is 67.4 Å². The predicted octanol–water partition coefficient (Wildman–Crippen LogP) is 4.06. The van der Waals surface area contributed by atoms with Crippen LogP contribution < -0.4 is 15.4 Å². The van der Waals surface area contributed by atoms with Crippen molar-refractivity contribution >= 4 is 23.2 Å². The van der Waals surface area contributed by atoms with Crippen LogP contribution in [0.4, 0.5) is 28.9 Å². The first-order chi connectivity index (χ1) is 12.1. The van der Waals surface area contributed by atoms with Gasteiger partial charge in [0.15, 0.2) is 0 Å². The normalized spacial score (nSPS) is 11.0. The molecule has 0 aliphatic carbocycles. The highest BCUT2D eigenvalue weighted by Gasteiger charge is 2.34. The number of benzene rings is 2. The van der Waals surface area contributed by atoms with E-state index in [0.717, 1.165) is 25.1 Å². The second kappa shape index (κ2) is 7.42. The molecule has 0 heterocycles. The molecule has 0 aromatic heterocycles. The van der Waals surface area contributed by atoms with E-state index in [0.29, 0.717) is 6.07 Å². The van der Waals surface area contributed by atoms with Crippen molar-refractivity contribution in [1.82, 2.24) is 0 Å². The van der Waals surface area contributed by atoms with E-state index in [1.807, 2.05) is 0 Å². The Kier molecular flexibility index (Phi) is 5.49. The van der Waals surface area contributed by atoms with Gasteiger partial charge in [0.25, 0.3) is 5.91 Å². The summed E-state index contributed by atoms with van der Waals surface area (Å²) < 4.78 is 58.1. The van der Waals surface area contributed by atoms with Gasteiger partial charge in [0, 0.05) is 12.6 Å². The number of hydrogen-bond donors (Lipinski definition) is 2. The summed E-state index contributed by atoms with van der Waals surface area (Å²) in [7, 11) is 1.24. The molecule has 2 aromatic rings. The van der Waals surface area contributed by atoms with Gasteiger partial charge < -0.3 is 15.4 Å². The molecule has 5 nitrogen and oxygen atoms in total. The van der Waals surface area contributed by atoms with Gasteiger partial charge in [0.1, 0.15) is 11.6 Å². The van der Waals surface area contributed by atoms with Crippen LogP contribution in [-0.4, -0.2) is 18.9 Å². The Morgan fingerprint density at radius 3 is 2.31 bits per heavy atom. The van der Waals surface area contributed by atoms with Gasteiger partial charge in [-0.15, -0.1) is 0 Å². The zero-order valence-electron chi connectivity index (χ0n) is 13.7. The van der Waals surface area contributed by atoms with E-state index >= 15 is 0 Å². The van der Waals surface area contributed by atoms with E-state index < -0.39 is 35.1 Å². The average molecular weight is 370 g/mol. The summed E-state index contributed by atoms with van der Waals surface area (Å²) in [6, 6.07) is 5.99. The second-order valence-corrected chi connectivity index (χ2v) is 5.24. The Hall–Kier alpha value is -3.10. The first-order valence-corrected chi connectivity index (χ1v) is 7.25. The smallest absolute Gasteiger partial charge is 0.418 e. The molecule has 0 saturated heterocycles. The zero-order valence-corrected chi connectivity index (χ0v) is 13.7. The number of carbonyl (C=O) groups excluding carboxylic acids is 2. The van der Waals surface area contributed by atoms with Crippen LogP contribution in [0.2, 0.25) is 0 Å². The van der Waals surface area contributed by atoms with Crippen molar-refractivity contribution in [1.29, 1.82) is 0 Å². The van der Waals surface area contributed by atoms with Crippen LogP contribution in [0.1, 0.15) is 22.8 Å². The van der Waals surface area contributed by atoms with E-state index in [9.17, 15) is 27.2 Å². The highest BCUT2D eigenvalue weighted by Crippen LogP contribution is 2.37. The van der Waals surface area contributed by atoms with Crippen molar-refractivity contribution in [3.8, 4) is 5.75 Å². The van der Waals surface area contributed by atoms with Gasteiger partial charge >= 0.3 is 6.18 Å². The minimum atomic E-state index is -4.79. The Labute approximate surface area is 146 Å². The molecule has 0 saturated carbocycles. The molecular formula is C17H14F4N2O3. The fraction of sp³-hybridized carbons (Fsp3) is 0.176. The molecule has 0 aliphatic heterocycles. The summed E-state index contributed by atoms with van der Waals surface area (Å²) in [5, 5.41) is 4.33. The van der Waals surface area contributed by atoms with Crippen molar-refractivity contribution in [2.45, 2.75) is 13.1 Å². The fourth-order valence-corrected chi connectivity index (χ4v) is 2.22. The van der Waals surface area contributed by atoms with Gasteiger partial charge in [0.05, 0.1) is 23.9 Å². The van der Waals surface area contributed by atoms with Gasteiger partial charge in [-0.05, 0) is 36.4 Å². The third kappa shape index (κ3) is 4.50. The molecule has 9 heteroatoms. The summed E-state index contributed by atoms with van der Waals surface area (Å²) in [6.07, 6.45) is -4.79. The van der Waals surface area contributed by atoms with Gasteiger partial charge in [-0.1, -0.05) is 0 Å². The number of rotatable bonds is 4.